The lowest BCUT2D eigenvalue weighted by molar-refractivity contribution is 0.593. The van der Waals surface area contributed by atoms with Gasteiger partial charge in [0.2, 0.25) is 0 Å². The highest BCUT2D eigenvalue weighted by Gasteiger charge is 2.17. The van der Waals surface area contributed by atoms with E-state index < -0.39 is 15.8 Å². The molecule has 0 saturated carbocycles. The second-order valence-electron chi connectivity index (χ2n) is 4.07. The van der Waals surface area contributed by atoms with E-state index in [9.17, 15) is 12.8 Å². The first-order valence-electron chi connectivity index (χ1n) is 5.67. The van der Waals surface area contributed by atoms with E-state index in [4.69, 9.17) is 4.42 Å². The molecule has 1 aromatic heterocycles. The van der Waals surface area contributed by atoms with Crippen molar-refractivity contribution in [2.24, 2.45) is 0 Å². The van der Waals surface area contributed by atoms with Gasteiger partial charge in [-0.3, -0.25) is 4.72 Å². The van der Waals surface area contributed by atoms with Crippen LogP contribution in [0.2, 0.25) is 0 Å². The molecule has 7 heteroatoms. The fraction of sp³-hybridized carbons (Fsp3) is 0. The molecule has 0 aliphatic carbocycles. The van der Waals surface area contributed by atoms with Gasteiger partial charge in [-0.05, 0) is 24.3 Å². The number of fused-ring (bicyclic) bond motifs is 1. The summed E-state index contributed by atoms with van der Waals surface area (Å²) in [4.78, 5) is 3.87. The summed E-state index contributed by atoms with van der Waals surface area (Å²) in [5.41, 5.74) is 0.793. The van der Waals surface area contributed by atoms with Crippen LogP contribution in [-0.4, -0.2) is 13.4 Å². The zero-order valence-corrected chi connectivity index (χ0v) is 10.9. The van der Waals surface area contributed by atoms with E-state index in [1.54, 1.807) is 6.07 Å². The Hall–Kier alpha value is -2.41. The summed E-state index contributed by atoms with van der Waals surface area (Å²) in [6.07, 6.45) is 1.23. The number of oxazole rings is 1. The van der Waals surface area contributed by atoms with Gasteiger partial charge in [0.05, 0.1) is 10.6 Å². The zero-order chi connectivity index (χ0) is 14.2. The molecule has 0 atom stereocenters. The second-order valence-corrected chi connectivity index (χ2v) is 5.75. The van der Waals surface area contributed by atoms with Crippen molar-refractivity contribution in [3.05, 3.63) is 54.7 Å². The summed E-state index contributed by atoms with van der Waals surface area (Å²) >= 11 is 0. The fourth-order valence-corrected chi connectivity index (χ4v) is 2.83. The number of sulfonamides is 1. The predicted molar refractivity (Wildman–Crippen MR) is 71.2 cm³/mol. The predicted octanol–water partition coefficient (Wildman–Crippen LogP) is 2.77. The molecule has 0 aliphatic heterocycles. The molecule has 0 fully saturated rings. The average molecular weight is 292 g/mol. The number of hydrogen-bond donors (Lipinski definition) is 1. The van der Waals surface area contributed by atoms with Crippen LogP contribution in [0.5, 0.6) is 0 Å². The van der Waals surface area contributed by atoms with E-state index in [-0.39, 0.29) is 10.6 Å². The van der Waals surface area contributed by atoms with Crippen LogP contribution in [0.4, 0.5) is 10.1 Å². The largest absolute Gasteiger partial charge is 0.443 e. The van der Waals surface area contributed by atoms with Gasteiger partial charge in [-0.1, -0.05) is 12.1 Å². The third kappa shape index (κ3) is 2.23. The molecule has 2 aromatic carbocycles. The number of anilines is 1. The van der Waals surface area contributed by atoms with Crippen molar-refractivity contribution in [1.29, 1.82) is 0 Å². The van der Waals surface area contributed by atoms with Crippen molar-refractivity contribution < 1.29 is 17.2 Å². The SMILES string of the molecule is O=S(=O)(Nc1ccccc1F)c1ccc2ncoc2c1. The monoisotopic (exact) mass is 292 g/mol. The number of halogens is 1. The fourth-order valence-electron chi connectivity index (χ4n) is 1.75. The van der Waals surface area contributed by atoms with Gasteiger partial charge in [-0.15, -0.1) is 0 Å². The van der Waals surface area contributed by atoms with Crippen LogP contribution in [0, 0.1) is 5.82 Å². The van der Waals surface area contributed by atoms with Crippen molar-refractivity contribution in [1.82, 2.24) is 4.98 Å². The number of para-hydroxylation sites is 1. The maximum absolute atomic E-state index is 13.5. The summed E-state index contributed by atoms with van der Waals surface area (Å²) < 4.78 is 45.1. The summed E-state index contributed by atoms with van der Waals surface area (Å²) in [6, 6.07) is 9.79. The van der Waals surface area contributed by atoms with Crippen molar-refractivity contribution in [3.63, 3.8) is 0 Å². The van der Waals surface area contributed by atoms with E-state index in [2.05, 4.69) is 9.71 Å². The molecule has 102 valence electrons. The Balaban J connectivity index is 2.01. The summed E-state index contributed by atoms with van der Waals surface area (Å²) in [7, 11) is -3.88. The highest BCUT2D eigenvalue weighted by Crippen LogP contribution is 2.22. The maximum atomic E-state index is 13.5. The molecule has 5 nitrogen and oxygen atoms in total. The minimum Gasteiger partial charge on any atom is -0.443 e. The number of nitrogens with zero attached hydrogens (tertiary/aromatic N) is 1. The Morgan fingerprint density at radius 2 is 1.95 bits per heavy atom. The second kappa shape index (κ2) is 4.61. The molecule has 0 aliphatic rings. The Kier molecular flexibility index (Phi) is 2.90. The Labute approximate surface area is 114 Å². The number of nitrogens with one attached hydrogen (secondary N) is 1. The van der Waals surface area contributed by atoms with E-state index in [1.807, 2.05) is 0 Å². The van der Waals surface area contributed by atoms with Crippen molar-refractivity contribution in [2.75, 3.05) is 4.72 Å². The van der Waals surface area contributed by atoms with Crippen LogP contribution >= 0.6 is 0 Å². The minimum absolute atomic E-state index is 0.0231. The van der Waals surface area contributed by atoms with Crippen molar-refractivity contribution in [3.8, 4) is 0 Å². The van der Waals surface area contributed by atoms with Gasteiger partial charge in [-0.2, -0.15) is 0 Å². The molecule has 20 heavy (non-hydrogen) atoms. The van der Waals surface area contributed by atoms with Gasteiger partial charge in [0.25, 0.3) is 10.0 Å². The lowest BCUT2D eigenvalue weighted by atomic mass is 10.3. The van der Waals surface area contributed by atoms with Gasteiger partial charge in [0, 0.05) is 6.07 Å². The molecule has 0 spiro atoms. The van der Waals surface area contributed by atoms with Crippen LogP contribution in [0.15, 0.2) is 58.2 Å². The van der Waals surface area contributed by atoms with Crippen LogP contribution in [0.3, 0.4) is 0 Å². The van der Waals surface area contributed by atoms with Gasteiger partial charge in [0.1, 0.15) is 11.3 Å². The molecule has 0 amide bonds. The molecule has 3 aromatic rings. The van der Waals surface area contributed by atoms with Crippen molar-refractivity contribution in [2.45, 2.75) is 4.90 Å². The van der Waals surface area contributed by atoms with E-state index in [1.165, 1.54) is 42.8 Å². The standard InChI is InChI=1S/C13H9FN2O3S/c14-10-3-1-2-4-11(10)16-20(17,18)9-5-6-12-13(7-9)19-8-15-12/h1-8,16H. The highest BCUT2D eigenvalue weighted by molar-refractivity contribution is 7.92. The first-order chi connectivity index (χ1) is 9.56. The van der Waals surface area contributed by atoms with Crippen LogP contribution in [-0.2, 0) is 10.0 Å². The summed E-state index contributed by atoms with van der Waals surface area (Å²) in [6.45, 7) is 0. The highest BCUT2D eigenvalue weighted by atomic mass is 32.2. The van der Waals surface area contributed by atoms with Crippen LogP contribution < -0.4 is 4.72 Å². The lowest BCUT2D eigenvalue weighted by Gasteiger charge is -2.08. The lowest BCUT2D eigenvalue weighted by Crippen LogP contribution is -2.13. The number of hydrogen-bond acceptors (Lipinski definition) is 4. The average Bonchev–Trinajstić information content (AvgIpc) is 2.88. The normalized spacial score (nSPS) is 11.7. The molecule has 1 heterocycles. The summed E-state index contributed by atoms with van der Waals surface area (Å²) in [5, 5.41) is 0. The number of benzene rings is 2. The zero-order valence-electron chi connectivity index (χ0n) is 10.1. The molecular formula is C13H9FN2O3S. The molecule has 0 bridgehead atoms. The quantitative estimate of drug-likeness (QED) is 0.805. The number of aromatic nitrogens is 1. The Morgan fingerprint density at radius 3 is 2.75 bits per heavy atom. The Bertz CT molecular complexity index is 874. The molecule has 0 radical (unpaired) electrons. The van der Waals surface area contributed by atoms with Gasteiger partial charge >= 0.3 is 0 Å². The third-order valence-electron chi connectivity index (χ3n) is 2.73. The minimum atomic E-state index is -3.88. The van der Waals surface area contributed by atoms with E-state index in [0.717, 1.165) is 0 Å². The molecular weight excluding hydrogens is 283 g/mol. The third-order valence-corrected chi connectivity index (χ3v) is 4.09. The van der Waals surface area contributed by atoms with E-state index >= 15 is 0 Å². The maximum Gasteiger partial charge on any atom is 0.262 e. The van der Waals surface area contributed by atoms with Crippen LogP contribution in [0.1, 0.15) is 0 Å². The topological polar surface area (TPSA) is 72.2 Å². The van der Waals surface area contributed by atoms with Crippen molar-refractivity contribution >= 4 is 26.8 Å². The van der Waals surface area contributed by atoms with Gasteiger partial charge in [-0.25, -0.2) is 17.8 Å². The molecule has 1 N–H and O–H groups in total. The van der Waals surface area contributed by atoms with E-state index in [0.29, 0.717) is 11.1 Å². The first-order valence-corrected chi connectivity index (χ1v) is 7.15. The smallest absolute Gasteiger partial charge is 0.262 e. The molecule has 3 rings (SSSR count). The van der Waals surface area contributed by atoms with Crippen LogP contribution in [0.25, 0.3) is 11.1 Å². The summed E-state index contributed by atoms with van der Waals surface area (Å²) in [5.74, 6) is -0.642. The van der Waals surface area contributed by atoms with Gasteiger partial charge < -0.3 is 4.42 Å². The Morgan fingerprint density at radius 1 is 1.15 bits per heavy atom. The molecule has 0 saturated heterocycles. The molecule has 0 unspecified atom stereocenters. The number of rotatable bonds is 3. The first kappa shape index (κ1) is 12.6. The van der Waals surface area contributed by atoms with Gasteiger partial charge in [0.15, 0.2) is 12.0 Å².